The maximum absolute atomic E-state index is 12.8. The molecule has 7 heteroatoms. The minimum Gasteiger partial charge on any atom is -0.383 e. The van der Waals surface area contributed by atoms with Crippen molar-refractivity contribution in [2.24, 2.45) is 0 Å². The van der Waals surface area contributed by atoms with Crippen molar-refractivity contribution < 1.29 is 9.53 Å². The van der Waals surface area contributed by atoms with Gasteiger partial charge in [0.2, 0.25) is 0 Å². The van der Waals surface area contributed by atoms with E-state index in [4.69, 9.17) is 16.3 Å². The Morgan fingerprint density at radius 1 is 1.24 bits per heavy atom. The summed E-state index contributed by atoms with van der Waals surface area (Å²) in [6.07, 6.45) is 5.87. The molecule has 1 aliphatic heterocycles. The monoisotopic (exact) mass is 412 g/mol. The summed E-state index contributed by atoms with van der Waals surface area (Å²) < 4.78 is 7.06. The molecule has 0 radical (unpaired) electrons. The third-order valence-corrected chi connectivity index (χ3v) is 5.88. The van der Waals surface area contributed by atoms with Gasteiger partial charge in [0.05, 0.1) is 23.5 Å². The Morgan fingerprint density at radius 2 is 2.03 bits per heavy atom. The van der Waals surface area contributed by atoms with E-state index in [0.29, 0.717) is 22.3 Å². The van der Waals surface area contributed by atoms with Crippen molar-refractivity contribution in [3.8, 4) is 0 Å². The highest BCUT2D eigenvalue weighted by molar-refractivity contribution is 6.33. The Balaban J connectivity index is 1.51. The third kappa shape index (κ3) is 4.45. The van der Waals surface area contributed by atoms with E-state index in [0.717, 1.165) is 44.7 Å². The largest absolute Gasteiger partial charge is 0.383 e. The Morgan fingerprint density at radius 3 is 2.79 bits per heavy atom. The molecule has 152 valence electrons. The summed E-state index contributed by atoms with van der Waals surface area (Å²) in [6.45, 7) is 3.89. The minimum atomic E-state index is -0.225. The van der Waals surface area contributed by atoms with Crippen molar-refractivity contribution in [3.63, 3.8) is 0 Å². The number of benzene rings is 1. The zero-order valence-corrected chi connectivity index (χ0v) is 17.2. The number of likely N-dealkylation sites (tertiary alicyclic amines) is 1. The fraction of sp³-hybridized carbons (Fsp3) is 0.364. The summed E-state index contributed by atoms with van der Waals surface area (Å²) in [4.78, 5) is 19.6. The van der Waals surface area contributed by atoms with E-state index in [-0.39, 0.29) is 5.91 Å². The molecule has 0 atom stereocenters. The van der Waals surface area contributed by atoms with Crippen molar-refractivity contribution in [3.05, 3.63) is 65.1 Å². The van der Waals surface area contributed by atoms with E-state index >= 15 is 0 Å². The summed E-state index contributed by atoms with van der Waals surface area (Å²) in [5, 5.41) is 3.39. The number of hydrogen-bond donors (Lipinski definition) is 1. The van der Waals surface area contributed by atoms with Gasteiger partial charge < -0.3 is 15.0 Å². The zero-order valence-electron chi connectivity index (χ0n) is 16.5. The van der Waals surface area contributed by atoms with Crippen LogP contribution in [0.1, 0.15) is 34.8 Å². The Kier molecular flexibility index (Phi) is 6.13. The fourth-order valence-corrected chi connectivity index (χ4v) is 4.05. The van der Waals surface area contributed by atoms with E-state index in [1.54, 1.807) is 25.4 Å². The second-order valence-electron chi connectivity index (χ2n) is 7.38. The number of para-hydroxylation sites is 1. The highest BCUT2D eigenvalue weighted by Gasteiger charge is 2.22. The SMILES string of the molecule is COCCN1CCC(c2ccc3ncc(C(=O)Nc4ccccc4Cl)n3c2)CC1. The smallest absolute Gasteiger partial charge is 0.274 e. The molecular formula is C22H25ClN4O2. The topological polar surface area (TPSA) is 58.9 Å². The van der Waals surface area contributed by atoms with Gasteiger partial charge in [0.15, 0.2) is 0 Å². The minimum absolute atomic E-state index is 0.225. The molecule has 1 saturated heterocycles. The van der Waals surface area contributed by atoms with Gasteiger partial charge >= 0.3 is 0 Å². The lowest BCUT2D eigenvalue weighted by Crippen LogP contribution is -2.35. The summed E-state index contributed by atoms with van der Waals surface area (Å²) >= 11 is 6.17. The molecule has 4 rings (SSSR count). The molecule has 0 aliphatic carbocycles. The number of anilines is 1. The van der Waals surface area contributed by atoms with Crippen LogP contribution in [0.2, 0.25) is 5.02 Å². The average Bonchev–Trinajstić information content (AvgIpc) is 3.17. The molecule has 0 unspecified atom stereocenters. The van der Waals surface area contributed by atoms with Gasteiger partial charge in [-0.3, -0.25) is 9.20 Å². The maximum Gasteiger partial charge on any atom is 0.274 e. The first-order valence-corrected chi connectivity index (χ1v) is 10.3. The highest BCUT2D eigenvalue weighted by Crippen LogP contribution is 2.28. The molecule has 3 aromatic rings. The van der Waals surface area contributed by atoms with E-state index in [1.165, 1.54) is 5.56 Å². The van der Waals surface area contributed by atoms with E-state index in [2.05, 4.69) is 27.5 Å². The van der Waals surface area contributed by atoms with Crippen molar-refractivity contribution >= 4 is 28.8 Å². The van der Waals surface area contributed by atoms with Crippen molar-refractivity contribution in [1.82, 2.24) is 14.3 Å². The Labute approximate surface area is 175 Å². The number of hydrogen-bond acceptors (Lipinski definition) is 4. The van der Waals surface area contributed by atoms with Gasteiger partial charge in [-0.1, -0.05) is 29.8 Å². The van der Waals surface area contributed by atoms with Gasteiger partial charge in [0.25, 0.3) is 5.91 Å². The van der Waals surface area contributed by atoms with Crippen molar-refractivity contribution in [2.75, 3.05) is 38.7 Å². The van der Waals surface area contributed by atoms with E-state index in [1.807, 2.05) is 22.6 Å². The zero-order chi connectivity index (χ0) is 20.2. The van der Waals surface area contributed by atoms with Crippen LogP contribution in [0.4, 0.5) is 5.69 Å². The lowest BCUT2D eigenvalue weighted by atomic mass is 9.90. The van der Waals surface area contributed by atoms with E-state index in [9.17, 15) is 4.79 Å². The lowest BCUT2D eigenvalue weighted by Gasteiger charge is -2.32. The van der Waals surface area contributed by atoms with Crippen LogP contribution < -0.4 is 5.32 Å². The fourth-order valence-electron chi connectivity index (χ4n) is 3.87. The number of fused-ring (bicyclic) bond motifs is 1. The molecule has 1 aliphatic rings. The number of pyridine rings is 1. The standard InChI is InChI=1S/C22H25ClN4O2/c1-29-13-12-26-10-8-16(9-11-26)17-6-7-21-24-14-20(27(21)15-17)22(28)25-19-5-3-2-4-18(19)23/h2-7,14-16H,8-13H2,1H3,(H,25,28). The van der Waals surface area contributed by atoms with Crippen molar-refractivity contribution in [1.29, 1.82) is 0 Å². The lowest BCUT2D eigenvalue weighted by molar-refractivity contribution is 0.102. The number of amides is 1. The number of piperidine rings is 1. The molecular weight excluding hydrogens is 388 g/mol. The molecule has 1 aromatic carbocycles. The number of nitrogens with zero attached hydrogens (tertiary/aromatic N) is 3. The summed E-state index contributed by atoms with van der Waals surface area (Å²) in [5.41, 5.74) is 3.09. The van der Waals surface area contributed by atoms with Crippen LogP contribution in [0.5, 0.6) is 0 Å². The number of rotatable bonds is 6. The number of methoxy groups -OCH3 is 1. The van der Waals surface area contributed by atoms with Gasteiger partial charge in [-0.2, -0.15) is 0 Å². The molecule has 1 N–H and O–H groups in total. The number of imidazole rings is 1. The number of halogens is 1. The number of ether oxygens (including phenoxy) is 1. The summed E-state index contributed by atoms with van der Waals surface area (Å²) in [5.74, 6) is 0.261. The van der Waals surface area contributed by atoms with Gasteiger partial charge in [0.1, 0.15) is 11.3 Å². The molecule has 1 amide bonds. The van der Waals surface area contributed by atoms with Crippen LogP contribution in [0.25, 0.3) is 5.65 Å². The van der Waals surface area contributed by atoms with Crippen LogP contribution >= 0.6 is 11.6 Å². The third-order valence-electron chi connectivity index (χ3n) is 5.55. The number of aromatic nitrogens is 2. The van der Waals surface area contributed by atoms with E-state index < -0.39 is 0 Å². The molecule has 29 heavy (non-hydrogen) atoms. The Bertz CT molecular complexity index is 995. The molecule has 0 spiro atoms. The molecule has 0 saturated carbocycles. The number of carbonyl (C=O) groups excluding carboxylic acids is 1. The second kappa shape index (κ2) is 8.95. The van der Waals surface area contributed by atoms with Crippen LogP contribution in [0, 0.1) is 0 Å². The van der Waals surface area contributed by atoms with Crippen LogP contribution in [0.3, 0.4) is 0 Å². The molecule has 0 bridgehead atoms. The van der Waals surface area contributed by atoms with Gasteiger partial charge in [-0.25, -0.2) is 4.98 Å². The van der Waals surface area contributed by atoms with Crippen LogP contribution in [0.15, 0.2) is 48.8 Å². The normalized spacial score (nSPS) is 15.7. The Hall–Kier alpha value is -2.41. The van der Waals surface area contributed by atoms with Gasteiger partial charge in [-0.05, 0) is 55.6 Å². The first-order chi connectivity index (χ1) is 14.2. The van der Waals surface area contributed by atoms with Crippen LogP contribution in [-0.4, -0.2) is 53.5 Å². The summed E-state index contributed by atoms with van der Waals surface area (Å²) in [7, 11) is 1.74. The predicted molar refractivity (Wildman–Crippen MR) is 115 cm³/mol. The first-order valence-electron chi connectivity index (χ1n) is 9.90. The van der Waals surface area contributed by atoms with Gasteiger partial charge in [-0.15, -0.1) is 0 Å². The number of carbonyl (C=O) groups is 1. The van der Waals surface area contributed by atoms with Crippen molar-refractivity contribution in [2.45, 2.75) is 18.8 Å². The van der Waals surface area contributed by atoms with Gasteiger partial charge in [0, 0.05) is 19.9 Å². The molecule has 3 heterocycles. The first kappa shape index (κ1) is 19.9. The molecule has 1 fully saturated rings. The quantitative estimate of drug-likeness (QED) is 0.663. The summed E-state index contributed by atoms with van der Waals surface area (Å²) in [6, 6.07) is 11.3. The predicted octanol–water partition coefficient (Wildman–Crippen LogP) is 4.07. The molecule has 2 aromatic heterocycles. The van der Waals surface area contributed by atoms with Crippen LogP contribution in [-0.2, 0) is 4.74 Å². The maximum atomic E-state index is 12.8. The number of nitrogens with one attached hydrogen (secondary N) is 1. The second-order valence-corrected chi connectivity index (χ2v) is 7.78. The average molecular weight is 413 g/mol. The molecule has 6 nitrogen and oxygen atoms in total. The highest BCUT2D eigenvalue weighted by atomic mass is 35.5.